The molecule has 8 nitrogen and oxygen atoms in total. The number of ether oxygens (including phenoxy) is 1. The van der Waals surface area contributed by atoms with Crippen LogP contribution in [0.15, 0.2) is 96.7 Å². The first-order valence-corrected chi connectivity index (χ1v) is 14.6. The quantitative estimate of drug-likeness (QED) is 0.120. The van der Waals surface area contributed by atoms with Gasteiger partial charge < -0.3 is 24.4 Å². The Balaban J connectivity index is 1.36. The van der Waals surface area contributed by atoms with Crippen molar-refractivity contribution in [3.05, 3.63) is 97.1 Å². The number of nitrogens with zero attached hydrogens (tertiary/aromatic N) is 3. The maximum atomic E-state index is 14.3. The fourth-order valence-corrected chi connectivity index (χ4v) is 5.99. The lowest BCUT2D eigenvalue weighted by molar-refractivity contribution is -0.119. The van der Waals surface area contributed by atoms with Crippen LogP contribution in [0.25, 0.3) is 32.6 Å². The highest BCUT2D eigenvalue weighted by molar-refractivity contribution is 6.15. The summed E-state index contributed by atoms with van der Waals surface area (Å²) < 4.78 is 8.16. The van der Waals surface area contributed by atoms with Crippen LogP contribution in [0.1, 0.15) is 30.6 Å². The number of carbonyl (C=O) groups is 2. The molecule has 2 heterocycles. The standard InChI is InChI=1S/C35H34N4O4/c1-4-19-43-37-25-21-31(39(22-25)35(41)33-26-12-8-7-11-23(26)15-18-32(33)42-6-3)34(40)36-24-16-17-30-28(20-24)27-13-9-10-14-29(27)38(30)5-2/h4,7-18,20,31H,1,5-6,19,21-22H2,2-3H3,(H,36,40)/t31-/m0/s1. The Labute approximate surface area is 250 Å². The van der Waals surface area contributed by atoms with Crippen molar-refractivity contribution in [2.45, 2.75) is 32.9 Å². The van der Waals surface area contributed by atoms with Gasteiger partial charge in [-0.05, 0) is 55.0 Å². The number of oxime groups is 1. The van der Waals surface area contributed by atoms with Crippen molar-refractivity contribution in [2.24, 2.45) is 5.16 Å². The molecule has 0 spiro atoms. The lowest BCUT2D eigenvalue weighted by atomic mass is 10.0. The number of aryl methyl sites for hydroxylation is 1. The van der Waals surface area contributed by atoms with Crippen molar-refractivity contribution in [3.63, 3.8) is 0 Å². The van der Waals surface area contributed by atoms with Crippen LogP contribution in [-0.2, 0) is 16.2 Å². The molecule has 0 aliphatic carbocycles. The first kappa shape index (κ1) is 28.0. The summed E-state index contributed by atoms with van der Waals surface area (Å²) in [7, 11) is 0. The molecule has 2 amide bonds. The molecule has 1 aromatic heterocycles. The summed E-state index contributed by atoms with van der Waals surface area (Å²) in [6, 6.07) is 24.9. The molecule has 1 N–H and O–H groups in total. The van der Waals surface area contributed by atoms with E-state index in [0.29, 0.717) is 29.3 Å². The number of anilines is 1. The zero-order valence-corrected chi connectivity index (χ0v) is 24.4. The number of benzene rings is 4. The molecular formula is C35H34N4O4. The molecule has 6 rings (SSSR count). The monoisotopic (exact) mass is 574 g/mol. The molecule has 43 heavy (non-hydrogen) atoms. The molecule has 4 aromatic carbocycles. The maximum absolute atomic E-state index is 14.3. The lowest BCUT2D eigenvalue weighted by Gasteiger charge is -2.25. The Morgan fingerprint density at radius 1 is 0.977 bits per heavy atom. The molecule has 1 aliphatic heterocycles. The third-order valence-corrected chi connectivity index (χ3v) is 7.87. The first-order chi connectivity index (χ1) is 21.0. The largest absolute Gasteiger partial charge is 0.493 e. The highest BCUT2D eigenvalue weighted by atomic mass is 16.6. The number of nitrogens with one attached hydrogen (secondary N) is 1. The van der Waals surface area contributed by atoms with Crippen LogP contribution >= 0.6 is 0 Å². The fraction of sp³-hybridized carbons (Fsp3) is 0.229. The van der Waals surface area contributed by atoms with Crippen molar-refractivity contribution < 1.29 is 19.2 Å². The lowest BCUT2D eigenvalue weighted by Crippen LogP contribution is -2.43. The van der Waals surface area contributed by atoms with Crippen LogP contribution in [0.3, 0.4) is 0 Å². The predicted molar refractivity (Wildman–Crippen MR) is 172 cm³/mol. The molecule has 1 atom stereocenters. The summed E-state index contributed by atoms with van der Waals surface area (Å²) in [6.45, 7) is 9.30. The minimum Gasteiger partial charge on any atom is -0.493 e. The third-order valence-electron chi connectivity index (χ3n) is 7.87. The van der Waals surface area contributed by atoms with E-state index >= 15 is 0 Å². The summed E-state index contributed by atoms with van der Waals surface area (Å²) in [5.41, 5.74) is 3.95. The van der Waals surface area contributed by atoms with Crippen LogP contribution in [-0.4, -0.2) is 52.8 Å². The minimum atomic E-state index is -0.792. The number of fused-ring (bicyclic) bond motifs is 4. The van der Waals surface area contributed by atoms with Crippen molar-refractivity contribution in [3.8, 4) is 5.75 Å². The van der Waals surface area contributed by atoms with Crippen molar-refractivity contribution in [1.29, 1.82) is 0 Å². The van der Waals surface area contributed by atoms with Crippen LogP contribution < -0.4 is 10.1 Å². The zero-order valence-electron chi connectivity index (χ0n) is 24.4. The Kier molecular flexibility index (Phi) is 7.83. The molecule has 0 radical (unpaired) electrons. The van der Waals surface area contributed by atoms with Gasteiger partial charge in [-0.2, -0.15) is 0 Å². The number of aromatic nitrogens is 1. The van der Waals surface area contributed by atoms with Gasteiger partial charge in [-0.25, -0.2) is 0 Å². The van der Waals surface area contributed by atoms with Gasteiger partial charge in [0.15, 0.2) is 0 Å². The highest BCUT2D eigenvalue weighted by Gasteiger charge is 2.40. The minimum absolute atomic E-state index is 0.159. The average Bonchev–Trinajstić information content (AvgIpc) is 3.60. The zero-order chi connectivity index (χ0) is 29.9. The molecule has 8 heteroatoms. The number of hydrogen-bond acceptors (Lipinski definition) is 5. The maximum Gasteiger partial charge on any atom is 0.259 e. The predicted octanol–water partition coefficient (Wildman–Crippen LogP) is 6.78. The van der Waals surface area contributed by atoms with Crippen LogP contribution in [0.4, 0.5) is 5.69 Å². The topological polar surface area (TPSA) is 85.2 Å². The van der Waals surface area contributed by atoms with Gasteiger partial charge in [-0.15, -0.1) is 0 Å². The second-order valence-electron chi connectivity index (χ2n) is 10.5. The van der Waals surface area contributed by atoms with Gasteiger partial charge in [0.05, 0.1) is 24.4 Å². The van der Waals surface area contributed by atoms with E-state index in [1.54, 1.807) is 11.0 Å². The average molecular weight is 575 g/mol. The number of likely N-dealkylation sites (tertiary alicyclic amines) is 1. The molecule has 5 aromatic rings. The van der Waals surface area contributed by atoms with E-state index in [1.807, 2.05) is 73.7 Å². The molecule has 0 saturated carbocycles. The normalized spacial score (nSPS) is 15.8. The second kappa shape index (κ2) is 12.0. The first-order valence-electron chi connectivity index (χ1n) is 14.6. The van der Waals surface area contributed by atoms with Crippen LogP contribution in [0, 0.1) is 0 Å². The number of para-hydroxylation sites is 1. The van der Waals surface area contributed by atoms with Crippen molar-refractivity contribution in [2.75, 3.05) is 25.1 Å². The Morgan fingerprint density at radius 2 is 1.74 bits per heavy atom. The summed E-state index contributed by atoms with van der Waals surface area (Å²) in [6.07, 6.45) is 1.85. The van der Waals surface area contributed by atoms with Crippen molar-refractivity contribution >= 4 is 55.8 Å². The molecule has 1 fully saturated rings. The van der Waals surface area contributed by atoms with Gasteiger partial charge in [0, 0.05) is 40.5 Å². The number of hydrogen-bond donors (Lipinski definition) is 1. The van der Waals surface area contributed by atoms with E-state index in [2.05, 4.69) is 40.7 Å². The van der Waals surface area contributed by atoms with Crippen molar-refractivity contribution in [1.82, 2.24) is 9.47 Å². The van der Waals surface area contributed by atoms with Gasteiger partial charge in [0.2, 0.25) is 5.91 Å². The van der Waals surface area contributed by atoms with Gasteiger partial charge in [-0.1, -0.05) is 66.3 Å². The Bertz CT molecular complexity index is 1890. The van der Waals surface area contributed by atoms with Crippen LogP contribution in [0.5, 0.6) is 5.75 Å². The van der Waals surface area contributed by atoms with Gasteiger partial charge in [0.1, 0.15) is 18.4 Å². The van der Waals surface area contributed by atoms with Gasteiger partial charge in [0.25, 0.3) is 5.91 Å². The fourth-order valence-electron chi connectivity index (χ4n) is 5.99. The van der Waals surface area contributed by atoms with E-state index in [-0.39, 0.29) is 31.4 Å². The molecule has 1 aliphatic rings. The Hall–Kier alpha value is -5.11. The molecule has 0 bridgehead atoms. The Morgan fingerprint density at radius 3 is 2.53 bits per heavy atom. The number of carbonyl (C=O) groups excluding carboxylic acids is 2. The summed E-state index contributed by atoms with van der Waals surface area (Å²) in [5, 5.41) is 11.2. The molecule has 218 valence electrons. The van der Waals surface area contributed by atoms with E-state index in [0.717, 1.165) is 39.1 Å². The summed E-state index contributed by atoms with van der Waals surface area (Å²) >= 11 is 0. The van der Waals surface area contributed by atoms with Gasteiger partial charge >= 0.3 is 0 Å². The van der Waals surface area contributed by atoms with E-state index in [1.165, 1.54) is 0 Å². The van der Waals surface area contributed by atoms with E-state index < -0.39 is 6.04 Å². The van der Waals surface area contributed by atoms with Crippen LogP contribution in [0.2, 0.25) is 0 Å². The van der Waals surface area contributed by atoms with E-state index in [4.69, 9.17) is 9.57 Å². The number of amides is 2. The smallest absolute Gasteiger partial charge is 0.259 e. The van der Waals surface area contributed by atoms with E-state index in [9.17, 15) is 9.59 Å². The molecular weight excluding hydrogens is 540 g/mol. The summed E-state index contributed by atoms with van der Waals surface area (Å²) in [5.74, 6) is -0.105. The number of rotatable bonds is 9. The highest BCUT2D eigenvalue weighted by Crippen LogP contribution is 2.33. The van der Waals surface area contributed by atoms with Gasteiger partial charge in [-0.3, -0.25) is 9.59 Å². The molecule has 0 unspecified atom stereocenters. The SMILES string of the molecule is C=CCON=C1C[C@@H](C(=O)Nc2ccc3c(c2)c2ccccc2n3CC)N(C(=O)c2c(OCC)ccc3ccccc23)C1. The second-order valence-corrected chi connectivity index (χ2v) is 10.5. The third kappa shape index (κ3) is 5.20. The summed E-state index contributed by atoms with van der Waals surface area (Å²) in [4.78, 5) is 35.1. The molecule has 1 saturated heterocycles.